The molecule has 15 nitrogen and oxygen atoms in total. The van der Waals surface area contributed by atoms with E-state index in [1.165, 1.54) is 4.90 Å². The summed E-state index contributed by atoms with van der Waals surface area (Å²) < 4.78 is 2.54. The fourth-order valence-corrected chi connectivity index (χ4v) is 9.58. The third-order valence-electron chi connectivity index (χ3n) is 11.2. The number of phenols is 1. The zero-order chi connectivity index (χ0) is 38.6. The number of anilines is 1. The number of carbonyl (C=O) groups is 3. The van der Waals surface area contributed by atoms with Gasteiger partial charge in [0.2, 0.25) is 11.8 Å². The molecule has 4 amide bonds. The molecule has 0 bridgehead atoms. The van der Waals surface area contributed by atoms with Crippen LogP contribution in [0.2, 0.25) is 0 Å². The van der Waals surface area contributed by atoms with Crippen molar-refractivity contribution in [2.75, 3.05) is 57.3 Å². The molecule has 3 fully saturated rings. The standard InChI is InChI=1S/C38H46Br2N10O5/c39-28-20-25(21-29(40)33(28)51)23-31(34(41)52)50(38(55)48-14-7-27(8-15-48)49-30-2-1-9-44-35(30)45-37(49)54)32(22-24-3-10-42-11-4-24)36(53)47-18-16-46(17-19-47)26-5-12-43-13-6-26/h1-2,5-6,9,12-13,20-21,24,27,31-32,42,51H,3-4,7-8,10-11,14-19,22-23H2,(H2,41,52)(H,44,45,54)/t31-,32+/m0/s1. The van der Waals surface area contributed by atoms with E-state index >= 15 is 4.79 Å². The Labute approximate surface area is 335 Å². The van der Waals surface area contributed by atoms with Crippen molar-refractivity contribution in [3.63, 3.8) is 0 Å². The number of piperazine rings is 1. The van der Waals surface area contributed by atoms with E-state index in [2.05, 4.69) is 57.0 Å². The summed E-state index contributed by atoms with van der Waals surface area (Å²) in [6, 6.07) is 8.18. The van der Waals surface area contributed by atoms with Crippen molar-refractivity contribution in [2.24, 2.45) is 11.7 Å². The van der Waals surface area contributed by atoms with Crippen LogP contribution in [-0.4, -0.2) is 122 Å². The topological polar surface area (TPSA) is 186 Å². The van der Waals surface area contributed by atoms with Gasteiger partial charge in [-0.25, -0.2) is 14.6 Å². The Morgan fingerprint density at radius 1 is 0.909 bits per heavy atom. The normalized spacial score (nSPS) is 18.3. The average molecular weight is 883 g/mol. The number of aromatic hydroxyl groups is 1. The van der Waals surface area contributed by atoms with Gasteiger partial charge in [-0.1, -0.05) is 0 Å². The predicted molar refractivity (Wildman–Crippen MR) is 215 cm³/mol. The molecule has 2 atom stereocenters. The summed E-state index contributed by atoms with van der Waals surface area (Å²) in [7, 11) is 0. The Morgan fingerprint density at radius 3 is 2.24 bits per heavy atom. The number of hydrogen-bond donors (Lipinski definition) is 4. The third kappa shape index (κ3) is 8.53. The van der Waals surface area contributed by atoms with Gasteiger partial charge in [-0.3, -0.25) is 24.1 Å². The van der Waals surface area contributed by atoms with E-state index in [0.29, 0.717) is 84.2 Å². The monoisotopic (exact) mass is 880 g/mol. The number of carbonyl (C=O) groups excluding carboxylic acids is 3. The Morgan fingerprint density at radius 2 is 1.58 bits per heavy atom. The van der Waals surface area contributed by atoms with Crippen molar-refractivity contribution >= 4 is 66.6 Å². The minimum atomic E-state index is -1.18. The lowest BCUT2D eigenvalue weighted by molar-refractivity contribution is -0.139. The first-order valence-electron chi connectivity index (χ1n) is 18.8. The summed E-state index contributed by atoms with van der Waals surface area (Å²) in [5.41, 5.74) is 8.86. The number of likely N-dealkylation sites (tertiary alicyclic amines) is 1. The van der Waals surface area contributed by atoms with Gasteiger partial charge in [0.05, 0.1) is 14.5 Å². The van der Waals surface area contributed by atoms with E-state index < -0.39 is 24.0 Å². The van der Waals surface area contributed by atoms with Gasteiger partial charge in [0.1, 0.15) is 17.8 Å². The van der Waals surface area contributed by atoms with Crippen molar-refractivity contribution in [3.8, 4) is 5.75 Å². The number of hydrogen-bond acceptors (Lipinski definition) is 9. The molecule has 7 rings (SSSR count). The summed E-state index contributed by atoms with van der Waals surface area (Å²) in [5.74, 6) is -0.785. The SMILES string of the molecule is NC(=O)[C@H](Cc1cc(Br)c(O)c(Br)c1)N(C(=O)N1CCC(n2c(=O)[nH]c3ncccc32)CC1)[C@H](CC1CCNCC1)C(=O)N1CCN(c2ccncc2)CC1. The van der Waals surface area contributed by atoms with Crippen LogP contribution in [0.15, 0.2) is 68.7 Å². The number of nitrogens with two attached hydrogens (primary N) is 1. The highest BCUT2D eigenvalue weighted by Crippen LogP contribution is 2.35. The molecule has 4 aromatic rings. The number of urea groups is 1. The molecule has 3 aliphatic rings. The van der Waals surface area contributed by atoms with Crippen molar-refractivity contribution in [1.82, 2.24) is 39.5 Å². The first-order valence-corrected chi connectivity index (χ1v) is 20.4. The Kier molecular flexibility index (Phi) is 12.1. The molecule has 3 aromatic heterocycles. The molecule has 1 aromatic carbocycles. The lowest BCUT2D eigenvalue weighted by Crippen LogP contribution is -2.64. The number of benzene rings is 1. The summed E-state index contributed by atoms with van der Waals surface area (Å²) >= 11 is 6.79. The van der Waals surface area contributed by atoms with Crippen LogP contribution >= 0.6 is 31.9 Å². The number of nitrogens with zero attached hydrogens (tertiary/aromatic N) is 7. The van der Waals surface area contributed by atoms with Crippen LogP contribution in [0.3, 0.4) is 0 Å². The van der Waals surface area contributed by atoms with Crippen molar-refractivity contribution < 1.29 is 19.5 Å². The Bertz CT molecular complexity index is 2030. The number of pyridine rings is 2. The summed E-state index contributed by atoms with van der Waals surface area (Å²) in [6.45, 7) is 4.32. The van der Waals surface area contributed by atoms with Crippen molar-refractivity contribution in [3.05, 3.63) is 80.0 Å². The fourth-order valence-electron chi connectivity index (χ4n) is 8.30. The maximum absolute atomic E-state index is 15.1. The molecule has 0 spiro atoms. The highest BCUT2D eigenvalue weighted by molar-refractivity contribution is 9.11. The first-order chi connectivity index (χ1) is 26.6. The smallest absolute Gasteiger partial charge is 0.327 e. The van der Waals surface area contributed by atoms with Crippen LogP contribution in [0.4, 0.5) is 10.5 Å². The molecular formula is C38H46Br2N10O5. The minimum absolute atomic E-state index is 0.00476. The van der Waals surface area contributed by atoms with Crippen LogP contribution in [0, 0.1) is 5.92 Å². The molecular weight excluding hydrogens is 836 g/mol. The van der Waals surface area contributed by atoms with Gasteiger partial charge in [-0.05, 0) is 125 Å². The van der Waals surface area contributed by atoms with Gasteiger partial charge < -0.3 is 35.8 Å². The minimum Gasteiger partial charge on any atom is -0.506 e. The number of halogens is 2. The molecule has 6 heterocycles. The zero-order valence-corrected chi connectivity index (χ0v) is 33.6. The maximum atomic E-state index is 15.1. The second-order valence-corrected chi connectivity index (χ2v) is 16.3. The quantitative estimate of drug-likeness (QED) is 0.185. The third-order valence-corrected chi connectivity index (χ3v) is 12.4. The zero-order valence-electron chi connectivity index (χ0n) is 30.4. The number of rotatable bonds is 10. The largest absolute Gasteiger partial charge is 0.506 e. The highest BCUT2D eigenvalue weighted by Gasteiger charge is 2.44. The number of nitrogens with one attached hydrogen (secondary N) is 2. The fraction of sp³-hybridized carbons (Fsp3) is 0.474. The van der Waals surface area contributed by atoms with Crippen LogP contribution in [0.5, 0.6) is 5.75 Å². The van der Waals surface area contributed by atoms with Crippen LogP contribution in [0.1, 0.15) is 43.7 Å². The molecule has 0 radical (unpaired) electrons. The molecule has 17 heteroatoms. The molecule has 5 N–H and O–H groups in total. The van der Waals surface area contributed by atoms with Crippen LogP contribution < -0.4 is 21.6 Å². The molecule has 3 saturated heterocycles. The van der Waals surface area contributed by atoms with Gasteiger partial charge >= 0.3 is 11.7 Å². The number of fused-ring (bicyclic) bond motifs is 1. The number of piperidine rings is 2. The van der Waals surface area contributed by atoms with Gasteiger partial charge in [0.25, 0.3) is 0 Å². The number of primary amides is 1. The van der Waals surface area contributed by atoms with E-state index in [0.717, 1.165) is 31.6 Å². The number of aromatic nitrogens is 4. The number of H-pyrrole nitrogens is 1. The van der Waals surface area contributed by atoms with Crippen molar-refractivity contribution in [1.29, 1.82) is 0 Å². The molecule has 292 valence electrons. The number of imidazole rings is 1. The van der Waals surface area contributed by atoms with E-state index in [1.807, 2.05) is 23.1 Å². The molecule has 3 aliphatic heterocycles. The lowest BCUT2D eigenvalue weighted by atomic mass is 9.88. The maximum Gasteiger partial charge on any atom is 0.327 e. The highest BCUT2D eigenvalue weighted by atomic mass is 79.9. The van der Waals surface area contributed by atoms with Gasteiger partial charge in [0.15, 0.2) is 5.65 Å². The van der Waals surface area contributed by atoms with Crippen LogP contribution in [-0.2, 0) is 16.0 Å². The number of aromatic amines is 1. The second kappa shape index (κ2) is 17.1. The summed E-state index contributed by atoms with van der Waals surface area (Å²) in [6.07, 6.45) is 8.19. The average Bonchev–Trinajstić information content (AvgIpc) is 3.55. The summed E-state index contributed by atoms with van der Waals surface area (Å²) in [5, 5.41) is 13.8. The Hall–Kier alpha value is -4.48. The number of phenolic OH excluding ortho intramolecular Hbond substituents is 1. The molecule has 0 aliphatic carbocycles. The predicted octanol–water partition coefficient (Wildman–Crippen LogP) is 3.61. The van der Waals surface area contributed by atoms with Crippen molar-refractivity contribution in [2.45, 2.75) is 56.7 Å². The molecule has 55 heavy (non-hydrogen) atoms. The lowest BCUT2D eigenvalue weighted by Gasteiger charge is -2.45. The molecule has 0 saturated carbocycles. The van der Waals surface area contributed by atoms with E-state index in [4.69, 9.17) is 5.73 Å². The Balaban J connectivity index is 1.21. The van der Waals surface area contributed by atoms with Gasteiger partial charge in [-0.2, -0.15) is 0 Å². The number of amides is 4. The molecule has 0 unspecified atom stereocenters. The first kappa shape index (κ1) is 38.8. The van der Waals surface area contributed by atoms with Gasteiger partial charge in [0, 0.05) is 76.0 Å². The van der Waals surface area contributed by atoms with E-state index in [-0.39, 0.29) is 35.7 Å². The second-order valence-electron chi connectivity index (χ2n) is 14.6. The van der Waals surface area contributed by atoms with E-state index in [9.17, 15) is 19.5 Å². The summed E-state index contributed by atoms with van der Waals surface area (Å²) in [4.78, 5) is 75.2. The van der Waals surface area contributed by atoms with Crippen LogP contribution in [0.25, 0.3) is 11.2 Å². The van der Waals surface area contributed by atoms with Gasteiger partial charge in [-0.15, -0.1) is 0 Å². The van der Waals surface area contributed by atoms with E-state index in [1.54, 1.807) is 46.3 Å².